The molecule has 0 saturated heterocycles. The Labute approximate surface area is 117 Å². The lowest BCUT2D eigenvalue weighted by Gasteiger charge is -2.05. The summed E-state index contributed by atoms with van der Waals surface area (Å²) >= 11 is 11.9. The van der Waals surface area contributed by atoms with Gasteiger partial charge in [-0.05, 0) is 0 Å². The average molecular weight is 303 g/mol. The zero-order chi connectivity index (χ0) is 14.0. The molecule has 0 fully saturated rings. The van der Waals surface area contributed by atoms with E-state index in [9.17, 15) is 10.1 Å². The second kappa shape index (κ2) is 5.52. The Kier molecular flexibility index (Phi) is 3.98. The number of non-ortho nitro benzene ring substituents is 1. The number of hydrogen-bond acceptors (Lipinski definition) is 5. The molecule has 0 bridgehead atoms. The highest BCUT2D eigenvalue weighted by Gasteiger charge is 2.17. The zero-order valence-electron chi connectivity index (χ0n) is 9.45. The van der Waals surface area contributed by atoms with Gasteiger partial charge in [-0.2, -0.15) is 0 Å². The summed E-state index contributed by atoms with van der Waals surface area (Å²) in [6.45, 7) is -0.0551. The molecule has 2 aromatic rings. The number of benzene rings is 1. The van der Waals surface area contributed by atoms with Gasteiger partial charge in [0, 0.05) is 25.2 Å². The Morgan fingerprint density at radius 2 is 2.00 bits per heavy atom. The van der Waals surface area contributed by atoms with Crippen molar-refractivity contribution in [2.75, 3.05) is 6.61 Å². The van der Waals surface area contributed by atoms with E-state index < -0.39 is 4.92 Å². The van der Waals surface area contributed by atoms with E-state index in [4.69, 9.17) is 28.3 Å². The van der Waals surface area contributed by atoms with E-state index in [0.717, 1.165) is 0 Å². The molecule has 0 spiro atoms. The van der Waals surface area contributed by atoms with Crippen molar-refractivity contribution in [3.8, 4) is 5.69 Å². The van der Waals surface area contributed by atoms with Crippen LogP contribution in [0.15, 0.2) is 18.3 Å². The SMILES string of the molecule is O=[N+]([O-])c1cc(Cl)c(-n2cc(CCO)nn2)c(Cl)c1. The van der Waals surface area contributed by atoms with Crippen LogP contribution in [0.25, 0.3) is 5.69 Å². The number of halogens is 2. The number of nitro groups is 1. The van der Waals surface area contributed by atoms with Gasteiger partial charge < -0.3 is 5.11 Å². The molecule has 0 saturated carbocycles. The smallest absolute Gasteiger partial charge is 0.272 e. The van der Waals surface area contributed by atoms with Gasteiger partial charge in [0.15, 0.2) is 0 Å². The molecule has 2 rings (SSSR count). The number of hydrogen-bond donors (Lipinski definition) is 1. The number of aliphatic hydroxyl groups is 1. The minimum Gasteiger partial charge on any atom is -0.396 e. The summed E-state index contributed by atoms with van der Waals surface area (Å²) in [6, 6.07) is 2.38. The predicted molar refractivity (Wildman–Crippen MR) is 68.8 cm³/mol. The molecule has 7 nitrogen and oxygen atoms in total. The third kappa shape index (κ3) is 2.83. The highest BCUT2D eigenvalue weighted by molar-refractivity contribution is 6.38. The van der Waals surface area contributed by atoms with E-state index in [1.807, 2.05) is 0 Å². The van der Waals surface area contributed by atoms with Crippen LogP contribution in [-0.4, -0.2) is 31.6 Å². The molecule has 1 heterocycles. The first-order chi connectivity index (χ1) is 9.02. The molecular weight excluding hydrogens is 295 g/mol. The Balaban J connectivity index is 2.46. The maximum Gasteiger partial charge on any atom is 0.272 e. The van der Waals surface area contributed by atoms with Gasteiger partial charge in [-0.1, -0.05) is 28.4 Å². The second-order valence-electron chi connectivity index (χ2n) is 3.64. The van der Waals surface area contributed by atoms with Gasteiger partial charge in [0.2, 0.25) is 0 Å². The summed E-state index contributed by atoms with van der Waals surface area (Å²) in [4.78, 5) is 10.1. The van der Waals surface area contributed by atoms with Crippen molar-refractivity contribution in [1.29, 1.82) is 0 Å². The quantitative estimate of drug-likeness (QED) is 0.688. The molecule has 19 heavy (non-hydrogen) atoms. The first-order valence-corrected chi connectivity index (χ1v) is 5.94. The van der Waals surface area contributed by atoms with Crippen LogP contribution in [0.4, 0.5) is 5.69 Å². The fourth-order valence-corrected chi connectivity index (χ4v) is 2.16. The summed E-state index contributed by atoms with van der Waals surface area (Å²) in [6.07, 6.45) is 1.90. The van der Waals surface area contributed by atoms with Crippen LogP contribution in [0, 0.1) is 10.1 Å². The van der Waals surface area contributed by atoms with Crippen LogP contribution in [0.2, 0.25) is 10.0 Å². The first kappa shape index (κ1) is 13.7. The van der Waals surface area contributed by atoms with Crippen molar-refractivity contribution in [3.63, 3.8) is 0 Å². The molecule has 0 aliphatic carbocycles. The number of nitrogens with zero attached hydrogens (tertiary/aromatic N) is 4. The van der Waals surface area contributed by atoms with Gasteiger partial charge >= 0.3 is 0 Å². The van der Waals surface area contributed by atoms with E-state index >= 15 is 0 Å². The second-order valence-corrected chi connectivity index (χ2v) is 4.46. The predicted octanol–water partition coefficient (Wildman–Crippen LogP) is 2.02. The highest BCUT2D eigenvalue weighted by atomic mass is 35.5. The molecule has 1 aromatic heterocycles. The molecule has 0 aliphatic rings. The van der Waals surface area contributed by atoms with Crippen LogP contribution >= 0.6 is 23.2 Å². The average Bonchev–Trinajstić information content (AvgIpc) is 2.77. The Bertz CT molecular complexity index is 606. The normalized spacial score (nSPS) is 10.7. The minimum atomic E-state index is -0.583. The monoisotopic (exact) mass is 302 g/mol. The Morgan fingerprint density at radius 1 is 1.37 bits per heavy atom. The largest absolute Gasteiger partial charge is 0.396 e. The fourth-order valence-electron chi connectivity index (χ4n) is 1.51. The molecule has 0 atom stereocenters. The van der Waals surface area contributed by atoms with Gasteiger partial charge in [-0.3, -0.25) is 10.1 Å². The number of rotatable bonds is 4. The van der Waals surface area contributed by atoms with Crippen molar-refractivity contribution in [1.82, 2.24) is 15.0 Å². The summed E-state index contributed by atoms with van der Waals surface area (Å²) in [5.74, 6) is 0. The fraction of sp³-hybridized carbons (Fsp3) is 0.200. The van der Waals surface area contributed by atoms with E-state index in [0.29, 0.717) is 17.8 Å². The Hall–Kier alpha value is -1.70. The van der Waals surface area contributed by atoms with Crippen LogP contribution in [0.1, 0.15) is 5.69 Å². The lowest BCUT2D eigenvalue weighted by atomic mass is 10.3. The third-order valence-electron chi connectivity index (χ3n) is 2.35. The van der Waals surface area contributed by atoms with Crippen molar-refractivity contribution >= 4 is 28.9 Å². The molecule has 0 amide bonds. The van der Waals surface area contributed by atoms with Crippen LogP contribution in [-0.2, 0) is 6.42 Å². The Morgan fingerprint density at radius 3 is 2.53 bits per heavy atom. The molecule has 9 heteroatoms. The summed E-state index contributed by atoms with van der Waals surface area (Å²) in [5.41, 5.74) is 0.674. The third-order valence-corrected chi connectivity index (χ3v) is 2.93. The molecule has 1 aromatic carbocycles. The molecule has 0 aliphatic heterocycles. The molecule has 0 radical (unpaired) electrons. The van der Waals surface area contributed by atoms with Crippen molar-refractivity contribution in [2.45, 2.75) is 6.42 Å². The van der Waals surface area contributed by atoms with Gasteiger partial charge in [0.05, 0.1) is 26.9 Å². The molecule has 1 N–H and O–H groups in total. The molecule has 100 valence electrons. The number of aliphatic hydroxyl groups excluding tert-OH is 1. The maximum absolute atomic E-state index is 10.7. The maximum atomic E-state index is 10.7. The van der Waals surface area contributed by atoms with E-state index in [-0.39, 0.29) is 22.3 Å². The molecular formula is C10H8Cl2N4O3. The number of nitro benzene ring substituents is 1. The lowest BCUT2D eigenvalue weighted by Crippen LogP contribution is -1.99. The van der Waals surface area contributed by atoms with E-state index in [1.54, 1.807) is 6.20 Å². The topological polar surface area (TPSA) is 94.1 Å². The standard InChI is InChI=1S/C10H8Cl2N4O3/c11-8-3-7(16(18)19)4-9(12)10(8)15-5-6(1-2-17)13-14-15/h3-5,17H,1-2H2. The van der Waals surface area contributed by atoms with E-state index in [2.05, 4.69) is 10.3 Å². The first-order valence-electron chi connectivity index (χ1n) is 5.19. The van der Waals surface area contributed by atoms with Crippen molar-refractivity contribution in [2.24, 2.45) is 0 Å². The van der Waals surface area contributed by atoms with Crippen molar-refractivity contribution in [3.05, 3.63) is 44.2 Å². The number of aromatic nitrogens is 3. The van der Waals surface area contributed by atoms with Crippen LogP contribution < -0.4 is 0 Å². The van der Waals surface area contributed by atoms with Gasteiger partial charge in [-0.25, -0.2) is 4.68 Å². The lowest BCUT2D eigenvalue weighted by molar-refractivity contribution is -0.384. The van der Waals surface area contributed by atoms with Crippen LogP contribution in [0.5, 0.6) is 0 Å². The summed E-state index contributed by atoms with van der Waals surface area (Å²) < 4.78 is 1.32. The zero-order valence-corrected chi connectivity index (χ0v) is 11.0. The van der Waals surface area contributed by atoms with Gasteiger partial charge in [0.1, 0.15) is 5.69 Å². The van der Waals surface area contributed by atoms with Gasteiger partial charge in [-0.15, -0.1) is 5.10 Å². The summed E-state index contributed by atoms with van der Waals surface area (Å²) in [7, 11) is 0. The van der Waals surface area contributed by atoms with Crippen molar-refractivity contribution < 1.29 is 10.0 Å². The van der Waals surface area contributed by atoms with E-state index in [1.165, 1.54) is 16.8 Å². The highest BCUT2D eigenvalue weighted by Crippen LogP contribution is 2.32. The van der Waals surface area contributed by atoms with Crippen LogP contribution in [0.3, 0.4) is 0 Å². The van der Waals surface area contributed by atoms with Gasteiger partial charge in [0.25, 0.3) is 5.69 Å². The minimum absolute atomic E-state index is 0.0551. The summed E-state index contributed by atoms with van der Waals surface area (Å²) in [5, 5.41) is 27.3. The molecule has 0 unspecified atom stereocenters.